The number of carbonyl (C=O) groups is 2. The van der Waals surface area contributed by atoms with Gasteiger partial charge in [0.25, 0.3) is 5.91 Å². The zero-order valence-corrected chi connectivity index (χ0v) is 17.7. The van der Waals surface area contributed by atoms with E-state index in [1.165, 1.54) is 17.0 Å². The number of nitrogen functional groups attached to an aromatic ring is 1. The summed E-state index contributed by atoms with van der Waals surface area (Å²) < 4.78 is 11.3. The van der Waals surface area contributed by atoms with Crippen molar-refractivity contribution in [2.45, 2.75) is 6.92 Å². The van der Waals surface area contributed by atoms with Crippen LogP contribution in [0.5, 0.6) is 5.75 Å². The highest BCUT2D eigenvalue weighted by Gasteiger charge is 2.25. The van der Waals surface area contributed by atoms with Gasteiger partial charge < -0.3 is 15.6 Å². The lowest BCUT2D eigenvalue weighted by molar-refractivity contribution is 0.0696. The molecule has 2 heterocycles. The maximum Gasteiger partial charge on any atom is 0.336 e. The van der Waals surface area contributed by atoms with Crippen molar-refractivity contribution in [3.05, 3.63) is 65.4 Å². The Labute approximate surface area is 191 Å². The highest BCUT2D eigenvalue weighted by Crippen LogP contribution is 2.28. The van der Waals surface area contributed by atoms with Gasteiger partial charge in [0.05, 0.1) is 18.4 Å². The Bertz CT molecular complexity index is 1360. The summed E-state index contributed by atoms with van der Waals surface area (Å²) in [5.74, 6) is -1.18. The fourth-order valence-corrected chi connectivity index (χ4v) is 3.07. The zero-order chi connectivity index (χ0) is 24.1. The molecule has 2 aromatic carbocycles. The van der Waals surface area contributed by atoms with Gasteiger partial charge in [0, 0.05) is 11.1 Å². The molecule has 0 saturated heterocycles. The number of nitrogens with two attached hydrogens (primary N) is 1. The van der Waals surface area contributed by atoms with Gasteiger partial charge >= 0.3 is 5.97 Å². The van der Waals surface area contributed by atoms with Crippen molar-refractivity contribution in [3.8, 4) is 22.8 Å². The van der Waals surface area contributed by atoms with Gasteiger partial charge in [-0.3, -0.25) is 4.79 Å². The second kappa shape index (κ2) is 9.60. The zero-order valence-electron chi connectivity index (χ0n) is 17.7. The van der Waals surface area contributed by atoms with Crippen molar-refractivity contribution in [3.63, 3.8) is 0 Å². The smallest absolute Gasteiger partial charge is 0.336 e. The molecule has 0 aliphatic rings. The Morgan fingerprint density at radius 3 is 2.65 bits per heavy atom. The molecule has 13 nitrogen and oxygen atoms in total. The quantitative estimate of drug-likeness (QED) is 0.257. The number of carboxylic acid groups (broad SMARTS) is 1. The van der Waals surface area contributed by atoms with Gasteiger partial charge in [-0.1, -0.05) is 23.4 Å². The first-order valence-corrected chi connectivity index (χ1v) is 9.92. The van der Waals surface area contributed by atoms with E-state index in [0.29, 0.717) is 23.5 Å². The fourth-order valence-electron chi connectivity index (χ4n) is 3.07. The summed E-state index contributed by atoms with van der Waals surface area (Å²) in [6.45, 7) is 2.36. The van der Waals surface area contributed by atoms with E-state index in [4.69, 9.17) is 10.5 Å². The third-order valence-corrected chi connectivity index (χ3v) is 4.58. The van der Waals surface area contributed by atoms with Crippen LogP contribution in [0.15, 0.2) is 58.3 Å². The maximum atomic E-state index is 12.9. The lowest BCUT2D eigenvalue weighted by Gasteiger charge is -2.07. The molecule has 0 saturated carbocycles. The highest BCUT2D eigenvalue weighted by molar-refractivity contribution is 6.00. The molecule has 1 amide bonds. The molecule has 0 atom stereocenters. The third kappa shape index (κ3) is 4.43. The Hall–Kier alpha value is -5.07. The van der Waals surface area contributed by atoms with Crippen molar-refractivity contribution in [1.82, 2.24) is 30.7 Å². The predicted molar refractivity (Wildman–Crippen MR) is 119 cm³/mol. The summed E-state index contributed by atoms with van der Waals surface area (Å²) in [5.41, 5.74) is 9.21. The van der Waals surface area contributed by atoms with Crippen LogP contribution in [0.2, 0.25) is 0 Å². The molecule has 4 rings (SSSR count). The van der Waals surface area contributed by atoms with E-state index in [0.717, 1.165) is 0 Å². The molecule has 2 aromatic heterocycles. The van der Waals surface area contributed by atoms with E-state index in [9.17, 15) is 14.7 Å². The van der Waals surface area contributed by atoms with E-state index < -0.39 is 11.9 Å². The molecule has 0 bridgehead atoms. The van der Waals surface area contributed by atoms with Gasteiger partial charge in [0.2, 0.25) is 11.6 Å². The van der Waals surface area contributed by atoms with Crippen LogP contribution in [0.3, 0.4) is 0 Å². The minimum Gasteiger partial charge on any atom is -0.494 e. The van der Waals surface area contributed by atoms with Gasteiger partial charge in [-0.2, -0.15) is 9.78 Å². The summed E-state index contributed by atoms with van der Waals surface area (Å²) in [5, 5.41) is 28.3. The molecule has 0 aliphatic carbocycles. The lowest BCUT2D eigenvalue weighted by Crippen LogP contribution is -2.19. The number of hydrogen-bond acceptors (Lipinski definition) is 10. The monoisotopic (exact) mass is 462 g/mol. The van der Waals surface area contributed by atoms with Gasteiger partial charge in [-0.05, 0) is 47.6 Å². The predicted octanol–water partition coefficient (Wildman–Crippen LogP) is 1.76. The summed E-state index contributed by atoms with van der Waals surface area (Å²) >= 11 is 0. The summed E-state index contributed by atoms with van der Waals surface area (Å²) in [7, 11) is 0. The van der Waals surface area contributed by atoms with Crippen molar-refractivity contribution < 1.29 is 24.1 Å². The van der Waals surface area contributed by atoms with E-state index in [1.807, 2.05) is 6.92 Å². The Morgan fingerprint density at radius 2 is 1.97 bits per heavy atom. The number of rotatable bonds is 8. The number of ether oxygens (including phenoxy) is 1. The number of aromatic nitrogens is 5. The van der Waals surface area contributed by atoms with Crippen LogP contribution >= 0.6 is 0 Å². The highest BCUT2D eigenvalue weighted by atomic mass is 16.6. The number of hydrogen-bond donors (Lipinski definition) is 3. The molecule has 172 valence electrons. The number of benzene rings is 2. The molecule has 0 aliphatic heterocycles. The number of nitrogens with one attached hydrogen (secondary N) is 1. The molecule has 0 spiro atoms. The van der Waals surface area contributed by atoms with Gasteiger partial charge in [-0.15, -0.1) is 5.10 Å². The molecule has 0 radical (unpaired) electrons. The van der Waals surface area contributed by atoms with Crippen LogP contribution in [0.4, 0.5) is 5.82 Å². The number of amides is 1. The second-order valence-corrected chi connectivity index (χ2v) is 6.72. The second-order valence-electron chi connectivity index (χ2n) is 6.72. The minimum atomic E-state index is -1.12. The number of anilines is 1. The van der Waals surface area contributed by atoms with Crippen molar-refractivity contribution in [2.24, 2.45) is 5.10 Å². The molecule has 13 heteroatoms. The first-order valence-electron chi connectivity index (χ1n) is 9.92. The van der Waals surface area contributed by atoms with Crippen LogP contribution in [-0.2, 0) is 0 Å². The first kappa shape index (κ1) is 22.1. The molecule has 0 unspecified atom stereocenters. The maximum absolute atomic E-state index is 12.9. The Morgan fingerprint density at radius 1 is 1.21 bits per heavy atom. The summed E-state index contributed by atoms with van der Waals surface area (Å²) in [4.78, 5) is 24.3. The summed E-state index contributed by atoms with van der Waals surface area (Å²) in [6, 6.07) is 13.1. The van der Waals surface area contributed by atoms with Crippen LogP contribution in [0.25, 0.3) is 17.1 Å². The van der Waals surface area contributed by atoms with Crippen molar-refractivity contribution in [1.29, 1.82) is 0 Å². The Balaban J connectivity index is 1.68. The van der Waals surface area contributed by atoms with Gasteiger partial charge in [0.15, 0.2) is 5.69 Å². The van der Waals surface area contributed by atoms with Crippen molar-refractivity contribution in [2.75, 3.05) is 12.3 Å². The molecule has 4 N–H and O–H groups in total. The fraction of sp³-hybridized carbons (Fsp3) is 0.0952. The number of hydrazone groups is 1. The molecule has 34 heavy (non-hydrogen) atoms. The van der Waals surface area contributed by atoms with E-state index in [2.05, 4.69) is 35.8 Å². The number of aromatic carboxylic acids is 1. The van der Waals surface area contributed by atoms with Crippen molar-refractivity contribution >= 4 is 23.9 Å². The molecular formula is C21H18N8O5. The van der Waals surface area contributed by atoms with E-state index >= 15 is 0 Å². The molecule has 0 fully saturated rings. The number of carbonyl (C=O) groups excluding carboxylic acids is 1. The van der Waals surface area contributed by atoms with E-state index in [-0.39, 0.29) is 28.6 Å². The minimum absolute atomic E-state index is 0.0375. The van der Waals surface area contributed by atoms with Crippen LogP contribution in [0.1, 0.15) is 33.3 Å². The standard InChI is InChI=1S/C21H18N8O5/c1-2-33-14-9-7-12(8-10-14)17-16(24-28-29(17)19-18(22)26-34-27-19)20(30)25-23-11-13-5-3-4-6-15(13)21(31)32/h3-11H,2H2,1H3,(H2,22,26)(H,25,30)(H,31,32)/b23-11-. The SMILES string of the molecule is CCOc1ccc(-c2c(C(=O)N/N=C\c3ccccc3C(=O)O)nnn2-c2nonc2N)cc1. The van der Waals surface area contributed by atoms with E-state index in [1.54, 1.807) is 42.5 Å². The third-order valence-electron chi connectivity index (χ3n) is 4.58. The van der Waals surface area contributed by atoms with Crippen LogP contribution in [-0.4, -0.2) is 55.1 Å². The van der Waals surface area contributed by atoms with Crippen LogP contribution < -0.4 is 15.9 Å². The number of carboxylic acids is 1. The Kier molecular flexibility index (Phi) is 6.25. The largest absolute Gasteiger partial charge is 0.494 e. The molecular weight excluding hydrogens is 444 g/mol. The van der Waals surface area contributed by atoms with Gasteiger partial charge in [0.1, 0.15) is 11.4 Å². The topological polar surface area (TPSA) is 184 Å². The molecule has 4 aromatic rings. The lowest BCUT2D eigenvalue weighted by atomic mass is 10.1. The average Bonchev–Trinajstić information content (AvgIpc) is 3.46. The summed E-state index contributed by atoms with van der Waals surface area (Å²) in [6.07, 6.45) is 1.22. The normalized spacial score (nSPS) is 11.0. The number of nitrogens with zero attached hydrogens (tertiary/aromatic N) is 6. The first-order chi connectivity index (χ1) is 16.5. The average molecular weight is 462 g/mol. The van der Waals surface area contributed by atoms with Crippen LogP contribution in [0, 0.1) is 0 Å². The van der Waals surface area contributed by atoms with Gasteiger partial charge in [-0.25, -0.2) is 14.8 Å².